The molecule has 0 heterocycles. The Kier molecular flexibility index (Phi) is 21.8. The Hall–Kier alpha value is 0.574. The molecule has 0 aromatic carbocycles. The van der Waals surface area contributed by atoms with Crippen molar-refractivity contribution in [3.05, 3.63) is 14.4 Å². The van der Waals surface area contributed by atoms with Crippen LogP contribution in [0.3, 0.4) is 0 Å². The second-order valence-electron chi connectivity index (χ2n) is 0.666. The molecule has 3 heteroatoms. The third kappa shape index (κ3) is 20.8. The van der Waals surface area contributed by atoms with E-state index in [2.05, 4.69) is 6.92 Å². The van der Waals surface area contributed by atoms with Gasteiger partial charge in [-0.15, -0.1) is 0 Å². The van der Waals surface area contributed by atoms with E-state index < -0.39 is 5.97 Å². The van der Waals surface area contributed by atoms with E-state index in [1.807, 2.05) is 0 Å². The summed E-state index contributed by atoms with van der Waals surface area (Å²) < 4.78 is 0. The monoisotopic (exact) mass is 178 g/mol. The normalized spacial score (nSPS) is 5.29. The van der Waals surface area contributed by atoms with Crippen LogP contribution >= 0.6 is 0 Å². The first kappa shape index (κ1) is 15.6. The Balaban J connectivity index is -0.0000000800. The van der Waals surface area contributed by atoms with Crippen molar-refractivity contribution in [3.8, 4) is 0 Å². The molecule has 2 nitrogen and oxygen atoms in total. The molecule has 0 rings (SSSR count). The van der Waals surface area contributed by atoms with E-state index in [1.165, 1.54) is 0 Å². The molecule has 0 aliphatic carbocycles. The van der Waals surface area contributed by atoms with Crippen molar-refractivity contribution < 1.29 is 42.6 Å². The zero-order valence-electron chi connectivity index (χ0n) is 4.39. The molecule has 0 aliphatic heterocycles. The Morgan fingerprint density at radius 2 is 1.86 bits per heavy atom. The number of rotatable bonds is 1. The van der Waals surface area contributed by atoms with Gasteiger partial charge in [0.2, 0.25) is 0 Å². The molecule has 0 aliphatic rings. The van der Waals surface area contributed by atoms with Crippen molar-refractivity contribution in [1.82, 2.24) is 0 Å². The quantitative estimate of drug-likeness (QED) is 0.466. The van der Waals surface area contributed by atoms with Crippen LogP contribution in [0.2, 0.25) is 0 Å². The fourth-order valence-corrected chi connectivity index (χ4v) is 0. The molecule has 0 atom stereocenters. The van der Waals surface area contributed by atoms with Crippen LogP contribution in [0.25, 0.3) is 0 Å². The van der Waals surface area contributed by atoms with Gasteiger partial charge in [0, 0.05) is 32.7 Å². The van der Waals surface area contributed by atoms with Crippen molar-refractivity contribution in [1.29, 1.82) is 0 Å². The number of hydrogen-bond acceptors (Lipinski definition) is 0. The van der Waals surface area contributed by atoms with Gasteiger partial charge in [-0.05, 0) is 6.42 Å². The first-order valence-corrected chi connectivity index (χ1v) is 1.30. The molecule has 2 N–H and O–H groups in total. The summed E-state index contributed by atoms with van der Waals surface area (Å²) >= 11 is 0. The smallest absolute Gasteiger partial charge is 0.358 e. The summed E-state index contributed by atoms with van der Waals surface area (Å²) in [5.41, 5.74) is 0. The van der Waals surface area contributed by atoms with Gasteiger partial charge < -0.3 is 24.3 Å². The third-order valence-corrected chi connectivity index (χ3v) is 0.224. The van der Waals surface area contributed by atoms with E-state index in [0.29, 0.717) is 0 Å². The molecule has 0 bridgehead atoms. The molecule has 7 heavy (non-hydrogen) atoms. The minimum absolute atomic E-state index is 0. The van der Waals surface area contributed by atoms with E-state index in [4.69, 9.17) is 9.90 Å². The predicted octanol–water partition coefficient (Wildman–Crippen LogP) is 0.719. The summed E-state index contributed by atoms with van der Waals surface area (Å²) in [6.07, 6.45) is 0.0833. The Morgan fingerprint density at radius 3 is 1.86 bits per heavy atom. The summed E-state index contributed by atoms with van der Waals surface area (Å²) in [5, 5.41) is 7.77. The van der Waals surface area contributed by atoms with Gasteiger partial charge in [-0.2, -0.15) is 0 Å². The maximum absolute atomic E-state index is 7.77. The molecule has 0 aromatic heterocycles. The molecular formula is C4H9O2Y-. The molecule has 0 saturated carbocycles. The van der Waals surface area contributed by atoms with Crippen molar-refractivity contribution in [3.63, 3.8) is 0 Å². The van der Waals surface area contributed by atoms with Gasteiger partial charge in [0.15, 0.2) is 0 Å². The summed E-state index contributed by atoms with van der Waals surface area (Å²) in [7, 11) is 0. The van der Waals surface area contributed by atoms with Crippen LogP contribution in [-0.2, 0) is 32.7 Å². The Morgan fingerprint density at radius 1 is 1.71 bits per heavy atom. The zero-order valence-corrected chi connectivity index (χ0v) is 7.22. The standard InChI is InChI=1S/C3H5O2.CH3.Y/c1-2-3(4)5;;/h1-2H2,(H,4,5);1H3;/q2*-1;/p+1. The van der Waals surface area contributed by atoms with E-state index in [-0.39, 0.29) is 46.6 Å². The number of carboxylic acids is 1. The van der Waals surface area contributed by atoms with Gasteiger partial charge in [0.1, 0.15) is 0 Å². The number of aliphatic hydroxyl groups excluding tert-OH is 1. The largest absolute Gasteiger partial charge is 0.449 e. The van der Waals surface area contributed by atoms with E-state index in [1.54, 1.807) is 0 Å². The minimum Gasteiger partial charge on any atom is -0.358 e. The first-order valence-electron chi connectivity index (χ1n) is 1.30. The maximum atomic E-state index is 7.77. The average Bonchev–Trinajstić information content (AvgIpc) is 1.38. The topological polar surface area (TPSA) is 41.6 Å². The maximum Gasteiger partial charge on any atom is 0.449 e. The Bertz CT molecular complexity index is 45.0. The zero-order chi connectivity index (χ0) is 4.28. The van der Waals surface area contributed by atoms with Gasteiger partial charge >= 0.3 is 5.97 Å². The minimum atomic E-state index is -0.606. The molecule has 0 aromatic rings. The molecule has 0 fully saturated rings. The van der Waals surface area contributed by atoms with Gasteiger partial charge in [-0.25, -0.2) is 0 Å². The van der Waals surface area contributed by atoms with Crippen molar-refractivity contribution in [2.45, 2.75) is 6.42 Å². The second kappa shape index (κ2) is 9.76. The summed E-state index contributed by atoms with van der Waals surface area (Å²) in [4.78, 5) is 7.77. The van der Waals surface area contributed by atoms with Crippen LogP contribution in [0.1, 0.15) is 6.42 Å². The van der Waals surface area contributed by atoms with Crippen LogP contribution in [0.5, 0.6) is 0 Å². The van der Waals surface area contributed by atoms with Gasteiger partial charge in [0.25, 0.3) is 0 Å². The summed E-state index contributed by atoms with van der Waals surface area (Å²) in [5.74, 6) is -0.606. The average molecular weight is 178 g/mol. The molecule has 41 valence electrons. The number of hydrogen-bond donors (Lipinski definition) is 1. The third-order valence-electron chi connectivity index (χ3n) is 0.224. The van der Waals surface area contributed by atoms with Crippen LogP contribution in [0.4, 0.5) is 0 Å². The van der Waals surface area contributed by atoms with Crippen LogP contribution < -0.4 is 0 Å². The van der Waals surface area contributed by atoms with Gasteiger partial charge in [-0.3, -0.25) is 0 Å². The molecule has 0 amide bonds. The number of aliphatic carboxylic acids is 1. The van der Waals surface area contributed by atoms with Gasteiger partial charge in [0.05, 0.1) is 0 Å². The predicted molar refractivity (Wildman–Crippen MR) is 26.0 cm³/mol. The van der Waals surface area contributed by atoms with Crippen molar-refractivity contribution >= 4 is 5.97 Å². The van der Waals surface area contributed by atoms with Crippen molar-refractivity contribution in [2.75, 3.05) is 0 Å². The summed E-state index contributed by atoms with van der Waals surface area (Å²) in [6.45, 7) is 3.15. The first-order chi connectivity index (χ1) is 2.27. The molecule has 0 unspecified atom stereocenters. The van der Waals surface area contributed by atoms with E-state index in [9.17, 15) is 0 Å². The molecule has 0 spiro atoms. The molecule has 0 saturated heterocycles. The van der Waals surface area contributed by atoms with Crippen LogP contribution in [0.15, 0.2) is 0 Å². The summed E-state index contributed by atoms with van der Waals surface area (Å²) in [6, 6.07) is 0. The van der Waals surface area contributed by atoms with Gasteiger partial charge in [-0.1, -0.05) is 0 Å². The van der Waals surface area contributed by atoms with Crippen LogP contribution in [0, 0.1) is 14.4 Å². The van der Waals surface area contributed by atoms with E-state index in [0.717, 1.165) is 0 Å². The SMILES string of the molecule is [CH2-]CC(O)=[OH+].[CH3-].[Y]. The number of carboxylic acid groups (broad SMARTS) is 1. The molecule has 1 radical (unpaired) electrons. The second-order valence-corrected chi connectivity index (χ2v) is 0.666. The molecular weight excluding hydrogens is 169 g/mol. The van der Waals surface area contributed by atoms with Crippen molar-refractivity contribution in [2.24, 2.45) is 0 Å². The Labute approximate surface area is 69.2 Å². The van der Waals surface area contributed by atoms with E-state index >= 15 is 0 Å². The fourth-order valence-electron chi connectivity index (χ4n) is 0. The fraction of sp³-hybridized carbons (Fsp3) is 0.250. The van der Waals surface area contributed by atoms with Crippen LogP contribution in [-0.4, -0.2) is 15.9 Å².